The van der Waals surface area contributed by atoms with Crippen molar-refractivity contribution in [3.05, 3.63) is 74.4 Å². The first-order valence-electron chi connectivity index (χ1n) is 12.4. The summed E-state index contributed by atoms with van der Waals surface area (Å²) >= 11 is 6.11. The van der Waals surface area contributed by atoms with E-state index in [0.29, 0.717) is 36.5 Å². The number of anilines is 1. The Morgan fingerprint density at radius 1 is 1.22 bits per heavy atom. The van der Waals surface area contributed by atoms with Gasteiger partial charge >= 0.3 is 0 Å². The Morgan fingerprint density at radius 3 is 2.81 bits per heavy atom. The minimum atomic E-state index is -0.648. The molecule has 2 amide bonds. The highest BCUT2D eigenvalue weighted by molar-refractivity contribution is 6.30. The lowest BCUT2D eigenvalue weighted by atomic mass is 9.93. The van der Waals surface area contributed by atoms with Crippen LogP contribution in [0.25, 0.3) is 10.8 Å². The lowest BCUT2D eigenvalue weighted by molar-refractivity contribution is -0.131. The molecule has 2 unspecified atom stereocenters. The third-order valence-electron chi connectivity index (χ3n) is 7.72. The summed E-state index contributed by atoms with van der Waals surface area (Å²) < 4.78 is 20.4. The highest BCUT2D eigenvalue weighted by atomic mass is 35.5. The smallest absolute Gasteiger partial charge is 0.270 e. The van der Waals surface area contributed by atoms with Crippen molar-refractivity contribution in [3.63, 3.8) is 0 Å². The number of nitrogens with zero attached hydrogens (tertiary/aromatic N) is 2. The minimum absolute atomic E-state index is 0.00860. The fraction of sp³-hybridized carbons (Fsp3) is 0.370. The molecule has 3 aromatic rings. The van der Waals surface area contributed by atoms with E-state index in [1.165, 1.54) is 6.07 Å². The van der Waals surface area contributed by atoms with Crippen molar-refractivity contribution in [2.45, 2.75) is 38.0 Å². The number of aromatic nitrogens is 1. The molecule has 4 heterocycles. The van der Waals surface area contributed by atoms with Crippen LogP contribution in [0.1, 0.15) is 41.0 Å². The number of nitrogens with one attached hydrogen (secondary N) is 2. The number of carbonyl (C=O) groups excluding carboxylic acids is 2. The monoisotopic (exact) mass is 524 g/mol. The largest absolute Gasteiger partial charge is 0.374 e. The zero-order valence-corrected chi connectivity index (χ0v) is 21.0. The Balaban J connectivity index is 1.20. The molecule has 0 spiro atoms. The molecule has 0 aliphatic carbocycles. The molecule has 10 heteroatoms. The molecule has 1 aromatic heterocycles. The second-order valence-electron chi connectivity index (χ2n) is 9.94. The summed E-state index contributed by atoms with van der Waals surface area (Å²) in [7, 11) is 0. The Labute approximate surface area is 217 Å². The van der Waals surface area contributed by atoms with Gasteiger partial charge in [-0.2, -0.15) is 0 Å². The molecule has 6 rings (SSSR count). The minimum Gasteiger partial charge on any atom is -0.374 e. The van der Waals surface area contributed by atoms with Crippen molar-refractivity contribution in [2.24, 2.45) is 0 Å². The summed E-state index contributed by atoms with van der Waals surface area (Å²) in [6.07, 6.45) is 1.53. The second kappa shape index (κ2) is 9.15. The third-order valence-corrected chi connectivity index (χ3v) is 7.95. The number of carbonyl (C=O) groups is 2. The molecule has 2 bridgehead atoms. The van der Waals surface area contributed by atoms with Gasteiger partial charge in [-0.1, -0.05) is 17.7 Å². The average molecular weight is 525 g/mol. The molecule has 2 fully saturated rings. The Morgan fingerprint density at radius 2 is 2.05 bits per heavy atom. The van der Waals surface area contributed by atoms with Gasteiger partial charge in [0.2, 0.25) is 5.91 Å². The maximum atomic E-state index is 14.9. The van der Waals surface area contributed by atoms with Gasteiger partial charge in [0.15, 0.2) is 0 Å². The van der Waals surface area contributed by atoms with Gasteiger partial charge in [-0.05, 0) is 66.6 Å². The van der Waals surface area contributed by atoms with Crippen LogP contribution in [0.5, 0.6) is 0 Å². The number of rotatable bonds is 4. The van der Waals surface area contributed by atoms with Gasteiger partial charge in [0, 0.05) is 18.1 Å². The van der Waals surface area contributed by atoms with Crippen molar-refractivity contribution in [3.8, 4) is 0 Å². The lowest BCUT2D eigenvalue weighted by Crippen LogP contribution is -2.42. The zero-order chi connectivity index (χ0) is 25.8. The lowest BCUT2D eigenvalue weighted by Gasteiger charge is -2.35. The maximum Gasteiger partial charge on any atom is 0.270 e. The first kappa shape index (κ1) is 23.9. The molecule has 2 saturated heterocycles. The number of halogens is 2. The Bertz CT molecular complexity index is 1490. The van der Waals surface area contributed by atoms with Crippen LogP contribution in [-0.2, 0) is 16.0 Å². The number of hydrogen-bond donors (Lipinski definition) is 2. The van der Waals surface area contributed by atoms with Crippen molar-refractivity contribution in [1.29, 1.82) is 0 Å². The SMILES string of the molecule is C[C@H]1c2ccc(Cl)cc2CCN1C(=O)CNc1cc2cc(C(=O)N3CC4CC3CO4)[nH]c(=O)c2cc1F. The van der Waals surface area contributed by atoms with E-state index in [2.05, 4.69) is 10.3 Å². The predicted molar refractivity (Wildman–Crippen MR) is 137 cm³/mol. The van der Waals surface area contributed by atoms with Gasteiger partial charge in [-0.25, -0.2) is 4.39 Å². The number of amides is 2. The summed E-state index contributed by atoms with van der Waals surface area (Å²) in [6, 6.07) is 9.73. The first-order chi connectivity index (χ1) is 17.8. The number of pyridine rings is 1. The van der Waals surface area contributed by atoms with Crippen LogP contribution < -0.4 is 10.9 Å². The summed E-state index contributed by atoms with van der Waals surface area (Å²) in [5.74, 6) is -1.09. The number of fused-ring (bicyclic) bond motifs is 4. The van der Waals surface area contributed by atoms with Gasteiger partial charge in [0.05, 0.1) is 42.4 Å². The van der Waals surface area contributed by atoms with E-state index in [1.807, 2.05) is 25.1 Å². The Kier molecular flexibility index (Phi) is 5.92. The van der Waals surface area contributed by atoms with Crippen molar-refractivity contribution in [1.82, 2.24) is 14.8 Å². The molecule has 2 N–H and O–H groups in total. The van der Waals surface area contributed by atoms with Gasteiger partial charge < -0.3 is 24.8 Å². The standard InChI is InChI=1S/C27H26ClFN4O4/c1-14-20-3-2-17(28)6-15(20)4-5-32(14)25(34)11-30-23-7-16-8-24(31-26(35)21(16)10-22(23)29)27(36)33-12-19-9-18(33)13-37-19/h2-3,6-8,10,14,18-19,30H,4-5,9,11-13H2,1H3,(H,31,35)/t14-,18?,19?/m0/s1. The van der Waals surface area contributed by atoms with E-state index in [0.717, 1.165) is 23.6 Å². The van der Waals surface area contributed by atoms with E-state index in [1.54, 1.807) is 15.9 Å². The zero-order valence-electron chi connectivity index (χ0n) is 20.2. The van der Waals surface area contributed by atoms with Gasteiger partial charge in [-0.3, -0.25) is 14.4 Å². The molecule has 8 nitrogen and oxygen atoms in total. The predicted octanol–water partition coefficient (Wildman–Crippen LogP) is 3.49. The fourth-order valence-corrected chi connectivity index (χ4v) is 5.95. The number of aromatic amines is 1. The quantitative estimate of drug-likeness (QED) is 0.545. The van der Waals surface area contributed by atoms with Crippen molar-refractivity contribution < 1.29 is 18.7 Å². The molecule has 0 saturated carbocycles. The van der Waals surface area contributed by atoms with Crippen LogP contribution in [-0.4, -0.2) is 65.0 Å². The number of benzene rings is 2. The van der Waals surface area contributed by atoms with Crippen LogP contribution in [0.4, 0.5) is 10.1 Å². The van der Waals surface area contributed by atoms with Crippen molar-refractivity contribution in [2.75, 3.05) is 31.6 Å². The molecule has 37 heavy (non-hydrogen) atoms. The summed E-state index contributed by atoms with van der Waals surface area (Å²) in [6.45, 7) is 3.38. The molecule has 3 atom stereocenters. The van der Waals surface area contributed by atoms with Crippen LogP contribution in [0.3, 0.4) is 0 Å². The molecular formula is C27H26ClFN4O4. The number of H-pyrrole nitrogens is 1. The third kappa shape index (κ3) is 4.26. The molecule has 2 aromatic carbocycles. The summed E-state index contributed by atoms with van der Waals surface area (Å²) in [5.41, 5.74) is 1.89. The normalized spacial score (nSPS) is 22.4. The van der Waals surface area contributed by atoms with E-state index in [9.17, 15) is 18.8 Å². The number of likely N-dealkylation sites (tertiary alicyclic amines) is 1. The van der Waals surface area contributed by atoms with Crippen molar-refractivity contribution >= 4 is 39.9 Å². The molecule has 3 aliphatic heterocycles. The Hall–Kier alpha value is -3.43. The van der Waals surface area contributed by atoms with E-state index in [-0.39, 0.29) is 53.3 Å². The molecule has 3 aliphatic rings. The summed E-state index contributed by atoms with van der Waals surface area (Å²) in [4.78, 5) is 44.9. The van der Waals surface area contributed by atoms with Gasteiger partial charge in [0.1, 0.15) is 11.5 Å². The molecular weight excluding hydrogens is 499 g/mol. The van der Waals surface area contributed by atoms with Crippen LogP contribution >= 0.6 is 11.6 Å². The number of morpholine rings is 1. The first-order valence-corrected chi connectivity index (χ1v) is 12.8. The highest BCUT2D eigenvalue weighted by Crippen LogP contribution is 2.32. The number of hydrogen-bond acceptors (Lipinski definition) is 5. The number of ether oxygens (including phenoxy) is 1. The maximum absolute atomic E-state index is 14.9. The summed E-state index contributed by atoms with van der Waals surface area (Å²) in [5, 5.41) is 4.11. The van der Waals surface area contributed by atoms with E-state index >= 15 is 0 Å². The van der Waals surface area contributed by atoms with Crippen LogP contribution in [0.15, 0.2) is 41.2 Å². The second-order valence-corrected chi connectivity index (χ2v) is 10.4. The van der Waals surface area contributed by atoms with E-state index < -0.39 is 11.4 Å². The van der Waals surface area contributed by atoms with Crippen LogP contribution in [0.2, 0.25) is 5.02 Å². The highest BCUT2D eigenvalue weighted by Gasteiger charge is 2.42. The topological polar surface area (TPSA) is 94.7 Å². The van der Waals surface area contributed by atoms with Crippen LogP contribution in [0, 0.1) is 5.82 Å². The van der Waals surface area contributed by atoms with Gasteiger partial charge in [-0.15, -0.1) is 0 Å². The average Bonchev–Trinajstić information content (AvgIpc) is 3.51. The molecule has 192 valence electrons. The van der Waals surface area contributed by atoms with E-state index in [4.69, 9.17) is 16.3 Å². The van der Waals surface area contributed by atoms with Gasteiger partial charge in [0.25, 0.3) is 11.5 Å². The molecule has 0 radical (unpaired) electrons. The fourth-order valence-electron chi connectivity index (χ4n) is 5.75.